The Morgan fingerprint density at radius 3 is 1.73 bits per heavy atom. The molecule has 0 spiro atoms. The lowest BCUT2D eigenvalue weighted by Gasteiger charge is -2.17. The molecule has 2 heterocycles. The van der Waals surface area contributed by atoms with Crippen molar-refractivity contribution in [3.63, 3.8) is 0 Å². The van der Waals surface area contributed by atoms with Crippen molar-refractivity contribution in [1.82, 2.24) is 14.1 Å². The minimum atomic E-state index is -0.434. The van der Waals surface area contributed by atoms with Gasteiger partial charge in [-0.05, 0) is 64.0 Å². The lowest BCUT2D eigenvalue weighted by Crippen LogP contribution is -2.38. The first kappa shape index (κ1) is 23.6. The third-order valence-electron chi connectivity index (χ3n) is 7.26. The SMILES string of the molecule is O=c1c2c3cnccc3ccc2n(-c2cccc(-c3ccccc3)c2)c(=O)n1-c1cccc(-c2ccccc2)c1. The Balaban J connectivity index is 1.57. The van der Waals surface area contributed by atoms with E-state index in [-0.39, 0.29) is 5.56 Å². The molecule has 0 amide bonds. The molecule has 0 unspecified atom stereocenters. The van der Waals surface area contributed by atoms with Crippen LogP contribution >= 0.6 is 0 Å². The maximum Gasteiger partial charge on any atom is 0.340 e. The van der Waals surface area contributed by atoms with Gasteiger partial charge in [0.15, 0.2) is 0 Å². The zero-order chi connectivity index (χ0) is 27.1. The van der Waals surface area contributed by atoms with Crippen LogP contribution in [0.25, 0.3) is 55.3 Å². The average molecular weight is 518 g/mol. The van der Waals surface area contributed by atoms with Gasteiger partial charge in [-0.3, -0.25) is 14.3 Å². The highest BCUT2D eigenvalue weighted by Crippen LogP contribution is 2.27. The van der Waals surface area contributed by atoms with E-state index < -0.39 is 5.69 Å². The molecule has 7 rings (SSSR count). The van der Waals surface area contributed by atoms with Crippen LogP contribution in [0.15, 0.2) is 149 Å². The number of rotatable bonds is 4. The second-order valence-electron chi connectivity index (χ2n) is 9.65. The van der Waals surface area contributed by atoms with Crippen molar-refractivity contribution in [1.29, 1.82) is 0 Å². The molecule has 0 atom stereocenters. The van der Waals surface area contributed by atoms with Gasteiger partial charge < -0.3 is 0 Å². The Hall–Kier alpha value is -5.55. The summed E-state index contributed by atoms with van der Waals surface area (Å²) in [7, 11) is 0. The fourth-order valence-electron chi connectivity index (χ4n) is 5.35. The second kappa shape index (κ2) is 9.64. The molecule has 0 radical (unpaired) electrons. The van der Waals surface area contributed by atoms with Crippen molar-refractivity contribution >= 4 is 21.7 Å². The van der Waals surface area contributed by atoms with E-state index in [4.69, 9.17) is 0 Å². The molecule has 5 nitrogen and oxygen atoms in total. The quantitative estimate of drug-likeness (QED) is 0.236. The zero-order valence-corrected chi connectivity index (χ0v) is 21.4. The summed E-state index contributed by atoms with van der Waals surface area (Å²) >= 11 is 0. The molecule has 0 aliphatic heterocycles. The molecule has 2 aromatic heterocycles. The Bertz CT molecular complexity index is 2150. The van der Waals surface area contributed by atoms with Gasteiger partial charge in [0.25, 0.3) is 5.56 Å². The van der Waals surface area contributed by atoms with Gasteiger partial charge in [0, 0.05) is 17.8 Å². The molecule has 40 heavy (non-hydrogen) atoms. The van der Waals surface area contributed by atoms with Gasteiger partial charge >= 0.3 is 5.69 Å². The van der Waals surface area contributed by atoms with E-state index in [1.807, 2.05) is 121 Å². The fourth-order valence-corrected chi connectivity index (χ4v) is 5.35. The van der Waals surface area contributed by atoms with Crippen molar-refractivity contribution in [2.24, 2.45) is 0 Å². The lowest BCUT2D eigenvalue weighted by atomic mass is 10.0. The fraction of sp³-hybridized carbons (Fsp3) is 0. The van der Waals surface area contributed by atoms with Crippen LogP contribution in [0.3, 0.4) is 0 Å². The third-order valence-corrected chi connectivity index (χ3v) is 7.26. The minimum Gasteiger partial charge on any atom is -0.268 e. The summed E-state index contributed by atoms with van der Waals surface area (Å²) in [6.45, 7) is 0. The monoisotopic (exact) mass is 517 g/mol. The van der Waals surface area contributed by atoms with Gasteiger partial charge in [-0.15, -0.1) is 0 Å². The first-order valence-corrected chi connectivity index (χ1v) is 13.1. The molecular formula is C35H23N3O2. The normalized spacial score (nSPS) is 11.2. The van der Waals surface area contributed by atoms with Crippen molar-refractivity contribution in [3.8, 4) is 33.6 Å². The first-order chi connectivity index (χ1) is 19.7. The summed E-state index contributed by atoms with van der Waals surface area (Å²) in [5, 5.41) is 2.03. The van der Waals surface area contributed by atoms with Crippen LogP contribution in [0.1, 0.15) is 0 Å². The summed E-state index contributed by atoms with van der Waals surface area (Å²) in [4.78, 5) is 32.9. The number of hydrogen-bond donors (Lipinski definition) is 0. The van der Waals surface area contributed by atoms with E-state index in [2.05, 4.69) is 4.98 Å². The van der Waals surface area contributed by atoms with E-state index in [1.165, 1.54) is 4.57 Å². The predicted octanol–water partition coefficient (Wildman–Crippen LogP) is 7.02. The second-order valence-corrected chi connectivity index (χ2v) is 9.65. The van der Waals surface area contributed by atoms with E-state index in [1.54, 1.807) is 23.0 Å². The number of hydrogen-bond acceptors (Lipinski definition) is 3. The highest BCUT2D eigenvalue weighted by molar-refractivity contribution is 6.05. The van der Waals surface area contributed by atoms with Crippen LogP contribution in [0.4, 0.5) is 0 Å². The van der Waals surface area contributed by atoms with Crippen LogP contribution in [0.5, 0.6) is 0 Å². The molecule has 190 valence electrons. The van der Waals surface area contributed by atoms with Gasteiger partial charge in [-0.25, -0.2) is 9.36 Å². The molecule has 0 bridgehead atoms. The van der Waals surface area contributed by atoms with Crippen molar-refractivity contribution < 1.29 is 0 Å². The van der Waals surface area contributed by atoms with Gasteiger partial charge in [0.2, 0.25) is 0 Å². The highest BCUT2D eigenvalue weighted by atomic mass is 16.2. The smallest absolute Gasteiger partial charge is 0.268 e. The molecule has 0 aliphatic carbocycles. The molecule has 0 aliphatic rings. The van der Waals surface area contributed by atoms with Crippen LogP contribution in [-0.4, -0.2) is 14.1 Å². The summed E-state index contributed by atoms with van der Waals surface area (Å²) < 4.78 is 2.90. The summed E-state index contributed by atoms with van der Waals surface area (Å²) in [5.74, 6) is 0. The van der Waals surface area contributed by atoms with Crippen LogP contribution in [0, 0.1) is 0 Å². The maximum atomic E-state index is 14.3. The summed E-state index contributed by atoms with van der Waals surface area (Å²) in [5.41, 5.74) is 4.85. The summed E-state index contributed by atoms with van der Waals surface area (Å²) in [6.07, 6.45) is 3.40. The van der Waals surface area contributed by atoms with Gasteiger partial charge in [0.05, 0.1) is 22.3 Å². The highest BCUT2D eigenvalue weighted by Gasteiger charge is 2.19. The molecule has 0 saturated heterocycles. The Labute approximate surface area is 229 Å². The summed E-state index contributed by atoms with van der Waals surface area (Å²) in [6, 6.07) is 41.0. The Kier molecular flexibility index (Phi) is 5.68. The molecular weight excluding hydrogens is 494 g/mol. The standard InChI is InChI=1S/C35H23N3O2/c39-34-33-31-23-36-20-19-26(31)17-18-32(33)37(29-15-7-13-27(21-29)24-9-3-1-4-10-24)35(40)38(34)30-16-8-14-28(22-30)25-11-5-2-6-12-25/h1-23H. The molecule has 0 fully saturated rings. The van der Waals surface area contributed by atoms with E-state index in [9.17, 15) is 9.59 Å². The lowest BCUT2D eigenvalue weighted by molar-refractivity contribution is 0.836. The van der Waals surface area contributed by atoms with Gasteiger partial charge in [-0.1, -0.05) is 91.0 Å². The number of nitrogens with zero attached hydrogens (tertiary/aromatic N) is 3. The third kappa shape index (κ3) is 3.92. The average Bonchev–Trinajstić information content (AvgIpc) is 3.02. The van der Waals surface area contributed by atoms with Crippen molar-refractivity contribution in [2.45, 2.75) is 0 Å². The number of benzene rings is 5. The number of pyridine rings is 1. The van der Waals surface area contributed by atoms with E-state index in [0.717, 1.165) is 27.6 Å². The first-order valence-electron chi connectivity index (χ1n) is 13.1. The largest absolute Gasteiger partial charge is 0.340 e. The molecule has 0 saturated carbocycles. The molecule has 5 aromatic carbocycles. The Morgan fingerprint density at radius 2 is 1.10 bits per heavy atom. The van der Waals surface area contributed by atoms with Crippen molar-refractivity contribution in [2.75, 3.05) is 0 Å². The van der Waals surface area contributed by atoms with E-state index in [0.29, 0.717) is 27.7 Å². The topological polar surface area (TPSA) is 56.9 Å². The molecule has 5 heteroatoms. The van der Waals surface area contributed by atoms with Gasteiger partial charge in [-0.2, -0.15) is 0 Å². The van der Waals surface area contributed by atoms with Crippen molar-refractivity contribution in [3.05, 3.63) is 161 Å². The number of aromatic nitrogens is 3. The predicted molar refractivity (Wildman–Crippen MR) is 161 cm³/mol. The van der Waals surface area contributed by atoms with Crippen LogP contribution < -0.4 is 11.2 Å². The van der Waals surface area contributed by atoms with Crippen LogP contribution in [-0.2, 0) is 0 Å². The Morgan fingerprint density at radius 1 is 0.525 bits per heavy atom. The maximum absolute atomic E-state index is 14.3. The molecule has 7 aromatic rings. The number of fused-ring (bicyclic) bond motifs is 3. The minimum absolute atomic E-state index is 0.376. The molecule has 0 N–H and O–H groups in total. The van der Waals surface area contributed by atoms with Gasteiger partial charge in [0.1, 0.15) is 0 Å². The van der Waals surface area contributed by atoms with Crippen LogP contribution in [0.2, 0.25) is 0 Å². The zero-order valence-electron chi connectivity index (χ0n) is 21.4. The van der Waals surface area contributed by atoms with E-state index >= 15 is 0 Å².